The van der Waals surface area contributed by atoms with Gasteiger partial charge < -0.3 is 19.9 Å². The summed E-state index contributed by atoms with van der Waals surface area (Å²) in [5.41, 5.74) is 6.29. The number of anilines is 2. The second kappa shape index (κ2) is 4.91. The molecule has 0 aromatic heterocycles. The van der Waals surface area contributed by atoms with Crippen LogP contribution in [0.1, 0.15) is 0 Å². The molecule has 8 heteroatoms. The third-order valence-corrected chi connectivity index (χ3v) is 3.60. The van der Waals surface area contributed by atoms with Gasteiger partial charge in [-0.2, -0.15) is 0 Å². The molecule has 0 atom stereocenters. The Balaban J connectivity index is 2.19. The molecule has 0 saturated carbocycles. The minimum atomic E-state index is -3.49. The molecule has 2 rings (SSSR count). The lowest BCUT2D eigenvalue weighted by molar-refractivity contribution is 0.174. The van der Waals surface area contributed by atoms with Crippen LogP contribution in [0.5, 0.6) is 11.5 Å². The SMILES string of the molecule is COCCS(=O)(=O)Nc1cc2c(cc1N)OCO2. The lowest BCUT2D eigenvalue weighted by atomic mass is 10.2. The highest BCUT2D eigenvalue weighted by Crippen LogP contribution is 2.38. The van der Waals surface area contributed by atoms with E-state index in [0.29, 0.717) is 11.5 Å². The summed E-state index contributed by atoms with van der Waals surface area (Å²) < 4.78 is 40.8. The van der Waals surface area contributed by atoms with E-state index in [2.05, 4.69) is 4.72 Å². The van der Waals surface area contributed by atoms with Crippen molar-refractivity contribution in [3.8, 4) is 11.5 Å². The van der Waals surface area contributed by atoms with Crippen molar-refractivity contribution in [3.05, 3.63) is 12.1 Å². The zero-order valence-electron chi connectivity index (χ0n) is 9.80. The van der Waals surface area contributed by atoms with Crippen molar-refractivity contribution >= 4 is 21.4 Å². The molecule has 1 heterocycles. The molecule has 18 heavy (non-hydrogen) atoms. The molecule has 1 aliphatic rings. The van der Waals surface area contributed by atoms with E-state index in [0.717, 1.165) is 0 Å². The first-order valence-electron chi connectivity index (χ1n) is 5.20. The van der Waals surface area contributed by atoms with Gasteiger partial charge in [0.05, 0.1) is 23.7 Å². The number of ether oxygens (including phenoxy) is 3. The fourth-order valence-electron chi connectivity index (χ4n) is 1.46. The maximum atomic E-state index is 11.7. The molecule has 0 bridgehead atoms. The number of nitrogens with two attached hydrogens (primary N) is 1. The van der Waals surface area contributed by atoms with Crippen molar-refractivity contribution in [3.63, 3.8) is 0 Å². The first-order valence-corrected chi connectivity index (χ1v) is 6.85. The van der Waals surface area contributed by atoms with E-state index in [4.69, 9.17) is 19.9 Å². The molecule has 0 spiro atoms. The smallest absolute Gasteiger partial charge is 0.235 e. The summed E-state index contributed by atoms with van der Waals surface area (Å²) in [5, 5.41) is 0. The third-order valence-electron chi connectivity index (χ3n) is 2.37. The molecule has 0 amide bonds. The molecule has 0 saturated heterocycles. The van der Waals surface area contributed by atoms with Crippen LogP contribution in [0.25, 0.3) is 0 Å². The summed E-state index contributed by atoms with van der Waals surface area (Å²) in [6.45, 7) is 0.217. The summed E-state index contributed by atoms with van der Waals surface area (Å²) in [6.07, 6.45) is 0. The Morgan fingerprint density at radius 1 is 1.39 bits per heavy atom. The Morgan fingerprint density at radius 3 is 2.72 bits per heavy atom. The van der Waals surface area contributed by atoms with Crippen LogP contribution in [0.4, 0.5) is 11.4 Å². The van der Waals surface area contributed by atoms with E-state index in [1.807, 2.05) is 0 Å². The van der Waals surface area contributed by atoms with E-state index < -0.39 is 10.0 Å². The molecule has 1 aromatic carbocycles. The number of sulfonamides is 1. The monoisotopic (exact) mass is 274 g/mol. The summed E-state index contributed by atoms with van der Waals surface area (Å²) in [7, 11) is -2.05. The Labute approximate surface area is 105 Å². The van der Waals surface area contributed by atoms with Crippen molar-refractivity contribution in [2.24, 2.45) is 0 Å². The van der Waals surface area contributed by atoms with Gasteiger partial charge in [0.25, 0.3) is 0 Å². The van der Waals surface area contributed by atoms with Crippen molar-refractivity contribution in [2.75, 3.05) is 36.7 Å². The second-order valence-corrected chi connectivity index (χ2v) is 5.55. The Bertz CT molecular complexity index is 543. The van der Waals surface area contributed by atoms with Crippen molar-refractivity contribution in [1.29, 1.82) is 0 Å². The van der Waals surface area contributed by atoms with E-state index in [1.165, 1.54) is 19.2 Å². The summed E-state index contributed by atoms with van der Waals surface area (Å²) in [6, 6.07) is 3.03. The van der Waals surface area contributed by atoms with E-state index >= 15 is 0 Å². The van der Waals surface area contributed by atoms with Gasteiger partial charge in [-0.05, 0) is 0 Å². The summed E-state index contributed by atoms with van der Waals surface area (Å²) >= 11 is 0. The van der Waals surface area contributed by atoms with Gasteiger partial charge >= 0.3 is 0 Å². The molecule has 0 aliphatic carbocycles. The quantitative estimate of drug-likeness (QED) is 0.753. The number of nitrogens with one attached hydrogen (secondary N) is 1. The molecule has 0 radical (unpaired) electrons. The normalized spacial score (nSPS) is 13.6. The Hall–Kier alpha value is -1.67. The fraction of sp³-hybridized carbons (Fsp3) is 0.400. The zero-order chi connectivity index (χ0) is 13.2. The first kappa shape index (κ1) is 12.8. The van der Waals surface area contributed by atoms with Gasteiger partial charge in [-0.15, -0.1) is 0 Å². The molecule has 1 aromatic rings. The van der Waals surface area contributed by atoms with Gasteiger partial charge in [-0.25, -0.2) is 8.42 Å². The fourth-order valence-corrected chi connectivity index (χ4v) is 2.46. The van der Waals surface area contributed by atoms with Crippen LogP contribution in [0.3, 0.4) is 0 Å². The molecular formula is C10H14N2O5S. The number of hydrogen-bond donors (Lipinski definition) is 2. The topological polar surface area (TPSA) is 99.9 Å². The van der Waals surface area contributed by atoms with Crippen LogP contribution < -0.4 is 19.9 Å². The van der Waals surface area contributed by atoms with Crippen molar-refractivity contribution in [2.45, 2.75) is 0 Å². The minimum Gasteiger partial charge on any atom is -0.454 e. The van der Waals surface area contributed by atoms with Crippen LogP contribution >= 0.6 is 0 Å². The van der Waals surface area contributed by atoms with Crippen molar-refractivity contribution < 1.29 is 22.6 Å². The van der Waals surface area contributed by atoms with E-state index in [9.17, 15) is 8.42 Å². The van der Waals surface area contributed by atoms with Gasteiger partial charge in [0.15, 0.2) is 11.5 Å². The number of benzene rings is 1. The molecule has 0 unspecified atom stereocenters. The molecular weight excluding hydrogens is 260 g/mol. The number of nitrogen functional groups attached to an aromatic ring is 1. The third kappa shape index (κ3) is 2.77. The molecule has 100 valence electrons. The van der Waals surface area contributed by atoms with E-state index in [-0.39, 0.29) is 30.5 Å². The lowest BCUT2D eigenvalue weighted by Gasteiger charge is -2.10. The molecule has 0 fully saturated rings. The van der Waals surface area contributed by atoms with Gasteiger partial charge in [0.1, 0.15) is 0 Å². The van der Waals surface area contributed by atoms with Crippen LogP contribution in [-0.2, 0) is 14.8 Å². The highest BCUT2D eigenvalue weighted by Gasteiger charge is 2.19. The summed E-state index contributed by atoms with van der Waals surface area (Å²) in [4.78, 5) is 0. The highest BCUT2D eigenvalue weighted by molar-refractivity contribution is 7.92. The molecule has 3 N–H and O–H groups in total. The Morgan fingerprint density at radius 2 is 2.06 bits per heavy atom. The average Bonchev–Trinajstić information content (AvgIpc) is 2.73. The molecule has 7 nitrogen and oxygen atoms in total. The van der Waals surface area contributed by atoms with Crippen molar-refractivity contribution in [1.82, 2.24) is 0 Å². The minimum absolute atomic E-state index is 0.106. The van der Waals surface area contributed by atoms with Gasteiger partial charge in [0.2, 0.25) is 16.8 Å². The van der Waals surface area contributed by atoms with Crippen LogP contribution in [0.2, 0.25) is 0 Å². The maximum absolute atomic E-state index is 11.7. The van der Waals surface area contributed by atoms with Crippen LogP contribution in [-0.4, -0.2) is 34.7 Å². The first-order chi connectivity index (χ1) is 8.52. The second-order valence-electron chi connectivity index (χ2n) is 3.71. The largest absolute Gasteiger partial charge is 0.454 e. The standard InChI is InChI=1S/C10H14N2O5S/c1-15-2-3-18(13,14)12-8-5-10-9(4-7(8)11)16-6-17-10/h4-5,12H,2-3,6,11H2,1H3. The van der Waals surface area contributed by atoms with Gasteiger partial charge in [-0.1, -0.05) is 0 Å². The highest BCUT2D eigenvalue weighted by atomic mass is 32.2. The molecule has 1 aliphatic heterocycles. The average molecular weight is 274 g/mol. The number of rotatable bonds is 5. The predicted molar refractivity (Wildman–Crippen MR) is 66.3 cm³/mol. The van der Waals surface area contributed by atoms with Crippen LogP contribution in [0, 0.1) is 0 Å². The number of fused-ring (bicyclic) bond motifs is 1. The lowest BCUT2D eigenvalue weighted by Crippen LogP contribution is -2.20. The summed E-state index contributed by atoms with van der Waals surface area (Å²) in [5.74, 6) is 0.832. The number of hydrogen-bond acceptors (Lipinski definition) is 6. The van der Waals surface area contributed by atoms with Crippen LogP contribution in [0.15, 0.2) is 12.1 Å². The van der Waals surface area contributed by atoms with Gasteiger partial charge in [0, 0.05) is 19.2 Å². The van der Waals surface area contributed by atoms with E-state index in [1.54, 1.807) is 0 Å². The number of methoxy groups -OCH3 is 1. The Kier molecular flexibility index (Phi) is 3.48. The van der Waals surface area contributed by atoms with Gasteiger partial charge in [-0.3, -0.25) is 4.72 Å². The predicted octanol–water partition coefficient (Wildman–Crippen LogP) is 0.386. The maximum Gasteiger partial charge on any atom is 0.235 e. The zero-order valence-corrected chi connectivity index (χ0v) is 10.6.